The Kier molecular flexibility index (Phi) is 6.19. The Morgan fingerprint density at radius 1 is 1.16 bits per heavy atom. The van der Waals surface area contributed by atoms with Crippen LogP contribution in [0.2, 0.25) is 10.0 Å². The average Bonchev–Trinajstić information content (AvgIpc) is 3.14. The number of fused-ring (bicyclic) bond motifs is 1. The number of sulfonamides is 1. The predicted molar refractivity (Wildman–Crippen MR) is 116 cm³/mol. The van der Waals surface area contributed by atoms with E-state index in [0.717, 1.165) is 21.1 Å². The minimum atomic E-state index is -4.12. The van der Waals surface area contributed by atoms with Crippen molar-refractivity contribution in [3.8, 4) is 0 Å². The van der Waals surface area contributed by atoms with Gasteiger partial charge in [0.2, 0.25) is 15.9 Å². The summed E-state index contributed by atoms with van der Waals surface area (Å²) in [5.74, 6) is -2.72. The van der Waals surface area contributed by atoms with Crippen LogP contribution in [0.25, 0.3) is 10.2 Å². The molecule has 1 aliphatic heterocycles. The summed E-state index contributed by atoms with van der Waals surface area (Å²) in [4.78, 5) is 16.4. The van der Waals surface area contributed by atoms with Gasteiger partial charge in [0.05, 0.1) is 14.7 Å². The van der Waals surface area contributed by atoms with E-state index in [9.17, 15) is 22.0 Å². The van der Waals surface area contributed by atoms with Gasteiger partial charge in [-0.25, -0.2) is 22.2 Å². The number of thiazole rings is 1. The first-order valence-electron chi connectivity index (χ1n) is 9.17. The summed E-state index contributed by atoms with van der Waals surface area (Å²) in [6, 6.07) is 5.74. The first kappa shape index (κ1) is 22.3. The minimum Gasteiger partial charge on any atom is -0.302 e. The van der Waals surface area contributed by atoms with Crippen LogP contribution in [0.5, 0.6) is 0 Å². The highest BCUT2D eigenvalue weighted by Gasteiger charge is 2.34. The SMILES string of the molecule is O=C(Nc1nc2c(Cl)c(Cl)ccc2s1)C1CCN(S(=O)(=O)c2ccc(F)cc2F)CC1. The Balaban J connectivity index is 1.42. The van der Waals surface area contributed by atoms with E-state index in [0.29, 0.717) is 26.8 Å². The average molecular weight is 506 g/mol. The number of benzene rings is 2. The molecular formula is C19H15Cl2F2N3O3S2. The van der Waals surface area contributed by atoms with Crippen LogP contribution in [-0.2, 0) is 14.8 Å². The number of rotatable bonds is 4. The van der Waals surface area contributed by atoms with E-state index >= 15 is 0 Å². The fourth-order valence-corrected chi connectivity index (χ4v) is 6.19. The van der Waals surface area contributed by atoms with Gasteiger partial charge in [-0.15, -0.1) is 0 Å². The van der Waals surface area contributed by atoms with Crippen molar-refractivity contribution in [3.63, 3.8) is 0 Å². The second-order valence-electron chi connectivity index (χ2n) is 6.97. The number of aromatic nitrogens is 1. The Bertz CT molecular complexity index is 1280. The summed E-state index contributed by atoms with van der Waals surface area (Å²) in [5, 5.41) is 3.79. The first-order valence-corrected chi connectivity index (χ1v) is 12.2. The maximum Gasteiger partial charge on any atom is 0.245 e. The molecule has 0 bridgehead atoms. The molecule has 0 aliphatic carbocycles. The van der Waals surface area contributed by atoms with E-state index in [1.54, 1.807) is 12.1 Å². The molecule has 2 aromatic carbocycles. The van der Waals surface area contributed by atoms with E-state index in [1.807, 2.05) is 0 Å². The number of amides is 1. The molecule has 1 N–H and O–H groups in total. The fourth-order valence-electron chi connectivity index (χ4n) is 3.38. The highest BCUT2D eigenvalue weighted by molar-refractivity contribution is 7.89. The number of nitrogens with one attached hydrogen (secondary N) is 1. The van der Waals surface area contributed by atoms with Crippen LogP contribution in [-0.4, -0.2) is 36.7 Å². The Morgan fingerprint density at radius 2 is 1.87 bits per heavy atom. The van der Waals surface area contributed by atoms with E-state index < -0.39 is 32.5 Å². The van der Waals surface area contributed by atoms with Crippen LogP contribution < -0.4 is 5.32 Å². The third-order valence-electron chi connectivity index (χ3n) is 5.02. The molecule has 4 rings (SSSR count). The lowest BCUT2D eigenvalue weighted by Gasteiger charge is -2.30. The van der Waals surface area contributed by atoms with Crippen LogP contribution >= 0.6 is 34.5 Å². The zero-order valence-corrected chi connectivity index (χ0v) is 18.9. The quantitative estimate of drug-likeness (QED) is 0.545. The lowest BCUT2D eigenvalue weighted by molar-refractivity contribution is -0.120. The fraction of sp³-hybridized carbons (Fsp3) is 0.263. The first-order chi connectivity index (χ1) is 14.7. The predicted octanol–water partition coefficient (Wildman–Crippen LogP) is 4.92. The zero-order valence-electron chi connectivity index (χ0n) is 15.7. The van der Waals surface area contributed by atoms with Crippen LogP contribution in [0, 0.1) is 17.6 Å². The topological polar surface area (TPSA) is 79.4 Å². The summed E-state index contributed by atoms with van der Waals surface area (Å²) in [5.41, 5.74) is 0.497. The molecule has 164 valence electrons. The number of halogens is 4. The molecule has 1 saturated heterocycles. The molecule has 3 aromatic rings. The summed E-state index contributed by atoms with van der Waals surface area (Å²) in [6.07, 6.45) is 0.511. The van der Waals surface area contributed by atoms with Crippen molar-refractivity contribution >= 4 is 65.8 Å². The molecule has 6 nitrogen and oxygen atoms in total. The standard InChI is InChI=1S/C19H15Cl2F2N3O3S2/c20-12-2-3-14-17(16(12)21)24-19(30-14)25-18(27)10-5-7-26(8-6-10)31(28,29)15-4-1-11(22)9-13(15)23/h1-4,9-10H,5-8H2,(H,24,25,27). The molecule has 12 heteroatoms. The van der Waals surface area contributed by atoms with Gasteiger partial charge in [-0.2, -0.15) is 4.31 Å². The van der Waals surface area contributed by atoms with Crippen LogP contribution in [0.1, 0.15) is 12.8 Å². The number of hydrogen-bond donors (Lipinski definition) is 1. The van der Waals surface area contributed by atoms with Crippen LogP contribution in [0.3, 0.4) is 0 Å². The van der Waals surface area contributed by atoms with Crippen molar-refractivity contribution in [3.05, 3.63) is 52.0 Å². The number of hydrogen-bond acceptors (Lipinski definition) is 5. The van der Waals surface area contributed by atoms with Gasteiger partial charge in [0.25, 0.3) is 0 Å². The highest BCUT2D eigenvalue weighted by Crippen LogP contribution is 2.35. The lowest BCUT2D eigenvalue weighted by Crippen LogP contribution is -2.41. The summed E-state index contributed by atoms with van der Waals surface area (Å²) < 4.78 is 54.3. The van der Waals surface area contributed by atoms with Crippen LogP contribution in [0.15, 0.2) is 35.2 Å². The smallest absolute Gasteiger partial charge is 0.245 e. The van der Waals surface area contributed by atoms with Crippen molar-refractivity contribution in [1.29, 1.82) is 0 Å². The molecule has 0 atom stereocenters. The highest BCUT2D eigenvalue weighted by atomic mass is 35.5. The minimum absolute atomic E-state index is 0.0402. The maximum absolute atomic E-state index is 14.0. The molecule has 0 radical (unpaired) electrons. The van der Waals surface area contributed by atoms with Crippen molar-refractivity contribution in [2.24, 2.45) is 5.92 Å². The molecular weight excluding hydrogens is 491 g/mol. The van der Waals surface area contributed by atoms with E-state index in [4.69, 9.17) is 23.2 Å². The molecule has 0 saturated carbocycles. The summed E-state index contributed by atoms with van der Waals surface area (Å²) >= 11 is 13.4. The van der Waals surface area contributed by atoms with Gasteiger partial charge in [-0.1, -0.05) is 34.5 Å². The van der Waals surface area contributed by atoms with Crippen molar-refractivity contribution in [2.75, 3.05) is 18.4 Å². The van der Waals surface area contributed by atoms with Gasteiger partial charge in [0.1, 0.15) is 22.0 Å². The monoisotopic (exact) mass is 505 g/mol. The van der Waals surface area contributed by atoms with Gasteiger partial charge < -0.3 is 5.32 Å². The van der Waals surface area contributed by atoms with Gasteiger partial charge >= 0.3 is 0 Å². The zero-order chi connectivity index (χ0) is 22.3. The maximum atomic E-state index is 14.0. The lowest BCUT2D eigenvalue weighted by atomic mass is 9.97. The van der Waals surface area contributed by atoms with Crippen molar-refractivity contribution < 1.29 is 22.0 Å². The second kappa shape index (κ2) is 8.59. The molecule has 1 aliphatic rings. The number of carbonyl (C=O) groups is 1. The molecule has 1 aromatic heterocycles. The molecule has 2 heterocycles. The molecule has 31 heavy (non-hydrogen) atoms. The largest absolute Gasteiger partial charge is 0.302 e. The van der Waals surface area contributed by atoms with Gasteiger partial charge in [0.15, 0.2) is 5.13 Å². The van der Waals surface area contributed by atoms with Gasteiger partial charge in [-0.3, -0.25) is 4.79 Å². The second-order valence-corrected chi connectivity index (χ2v) is 10.7. The third kappa shape index (κ3) is 4.40. The molecule has 1 fully saturated rings. The van der Waals surface area contributed by atoms with E-state index in [2.05, 4.69) is 10.3 Å². The molecule has 0 unspecified atom stereocenters. The Morgan fingerprint density at radius 3 is 2.55 bits per heavy atom. The van der Waals surface area contributed by atoms with Crippen molar-refractivity contribution in [1.82, 2.24) is 9.29 Å². The summed E-state index contributed by atoms with van der Waals surface area (Å²) in [6.45, 7) is 0.0804. The normalized spacial score (nSPS) is 16.0. The number of carbonyl (C=O) groups excluding carboxylic acids is 1. The Hall–Kier alpha value is -1.85. The number of nitrogens with zero attached hydrogens (tertiary/aromatic N) is 2. The molecule has 1 amide bonds. The Labute approximate surface area is 190 Å². The number of anilines is 1. The van der Waals surface area contributed by atoms with E-state index in [1.165, 1.54) is 11.3 Å². The third-order valence-corrected chi connectivity index (χ3v) is 8.68. The molecule has 0 spiro atoms. The number of piperidine rings is 1. The van der Waals surface area contributed by atoms with Gasteiger partial charge in [0, 0.05) is 25.1 Å². The van der Waals surface area contributed by atoms with E-state index in [-0.39, 0.29) is 31.8 Å². The van der Waals surface area contributed by atoms with Crippen molar-refractivity contribution in [2.45, 2.75) is 17.7 Å². The summed E-state index contributed by atoms with van der Waals surface area (Å²) in [7, 11) is -4.12. The van der Waals surface area contributed by atoms with Gasteiger partial charge in [-0.05, 0) is 37.1 Å². The van der Waals surface area contributed by atoms with Crippen LogP contribution in [0.4, 0.5) is 13.9 Å².